The highest BCUT2D eigenvalue weighted by Gasteiger charge is 2.48. The molecule has 8 bridgehead atoms. The Morgan fingerprint density at radius 3 is 2.14 bits per heavy atom. The number of carbonyl (C=O) groups is 3. The number of ether oxygens (including phenoxy) is 2. The van der Waals surface area contributed by atoms with Crippen molar-refractivity contribution in [1.82, 2.24) is 20.3 Å². The molecule has 2 aliphatic heterocycles. The molecular weight excluding hydrogens is 813 g/mol. The van der Waals surface area contributed by atoms with Gasteiger partial charge >= 0.3 is 11.9 Å². The van der Waals surface area contributed by atoms with E-state index in [-0.39, 0.29) is 36.6 Å². The van der Waals surface area contributed by atoms with Gasteiger partial charge in [0.2, 0.25) is 0 Å². The van der Waals surface area contributed by atoms with E-state index in [0.29, 0.717) is 35.6 Å². The Bertz CT molecular complexity index is 2470. The number of aromatic nitrogens is 3. The van der Waals surface area contributed by atoms with Crippen LogP contribution in [0.2, 0.25) is 0 Å². The van der Waals surface area contributed by atoms with Crippen LogP contribution in [0.15, 0.2) is 29.8 Å². The largest absolute Gasteiger partial charge is 0.516 e. The van der Waals surface area contributed by atoms with Gasteiger partial charge in [0.15, 0.2) is 5.78 Å². The number of nitrogens with one attached hydrogen (secondary N) is 4. The standard InChI is InChI=1S/C55H76N4O6/c1-12-39-34(7)42-27-44-36(9)41(23-24-48(61)65-26-25-38(30-60)22-16-21-33(6)20-15-19-32(5)18-14-17-31(3)4)52(58-44)50-51(55(63)64-11)54(62)49-37(10)45(59-53(49)50)29-47-40(13-2)35(8)43(57-47)28-46(39)56-42/h12,27-33,36,41,51,56-60H,1,13-26H2,2-11H3/b38-30+,43-28-,44-27-,47-29-,52-50-/t32-,33-,36+,41+,51-/m1/s1. The average Bonchev–Trinajstić information content (AvgIpc) is 4.02. The predicted octanol–water partition coefficient (Wildman–Crippen LogP) is 11.0. The van der Waals surface area contributed by atoms with Crippen molar-refractivity contribution < 1.29 is 29.0 Å². The van der Waals surface area contributed by atoms with Gasteiger partial charge in [0, 0.05) is 80.6 Å². The van der Waals surface area contributed by atoms with E-state index in [1.54, 1.807) is 0 Å². The number of esters is 2. The number of allylic oxidation sites excluding steroid dienone is 2. The van der Waals surface area contributed by atoms with Gasteiger partial charge in [-0.3, -0.25) is 14.4 Å². The molecule has 352 valence electrons. The fourth-order valence-corrected chi connectivity index (χ4v) is 10.5. The van der Waals surface area contributed by atoms with Crippen LogP contribution in [0.25, 0.3) is 29.9 Å². The maximum Gasteiger partial charge on any atom is 0.321 e. The summed E-state index contributed by atoms with van der Waals surface area (Å²) in [6.07, 6.45) is 21.8. The summed E-state index contributed by atoms with van der Waals surface area (Å²) in [6, 6.07) is 0. The Labute approximate surface area is 387 Å². The Hall–Kier alpha value is -5.25. The fraction of sp³-hybridized carbons (Fsp3) is 0.545. The first-order valence-electron chi connectivity index (χ1n) is 24.4. The molecule has 10 heteroatoms. The van der Waals surface area contributed by atoms with Crippen LogP contribution in [-0.2, 0) is 25.5 Å². The Morgan fingerprint density at radius 2 is 1.49 bits per heavy atom. The third-order valence-electron chi connectivity index (χ3n) is 14.7. The molecule has 10 nitrogen and oxygen atoms in total. The first-order valence-corrected chi connectivity index (χ1v) is 24.4. The van der Waals surface area contributed by atoms with Crippen molar-refractivity contribution in [3.63, 3.8) is 0 Å². The molecular formula is C55H76N4O6. The second kappa shape index (κ2) is 21.8. The Morgan fingerprint density at radius 1 is 0.831 bits per heavy atom. The zero-order valence-corrected chi connectivity index (χ0v) is 40.9. The molecule has 3 aromatic heterocycles. The lowest BCUT2D eigenvalue weighted by Gasteiger charge is -2.19. The number of aliphatic hydroxyl groups is 1. The summed E-state index contributed by atoms with van der Waals surface area (Å²) in [5.74, 6) is -0.591. The zero-order valence-electron chi connectivity index (χ0n) is 40.9. The summed E-state index contributed by atoms with van der Waals surface area (Å²) in [5, 5.41) is 15.7. The second-order valence-corrected chi connectivity index (χ2v) is 19.7. The van der Waals surface area contributed by atoms with E-state index in [0.717, 1.165) is 105 Å². The van der Waals surface area contributed by atoms with Gasteiger partial charge in [-0.15, -0.1) is 0 Å². The predicted molar refractivity (Wildman–Crippen MR) is 263 cm³/mol. The van der Waals surface area contributed by atoms with Gasteiger partial charge in [-0.25, -0.2) is 0 Å². The van der Waals surface area contributed by atoms with E-state index in [1.807, 2.05) is 13.0 Å². The van der Waals surface area contributed by atoms with Crippen molar-refractivity contribution in [2.24, 2.45) is 35.5 Å². The van der Waals surface area contributed by atoms with Crippen LogP contribution >= 0.6 is 0 Å². The minimum absolute atomic E-state index is 0.118. The van der Waals surface area contributed by atoms with Gasteiger partial charge in [-0.2, -0.15) is 0 Å². The molecule has 1 fully saturated rings. The van der Waals surface area contributed by atoms with Crippen LogP contribution < -0.4 is 16.0 Å². The van der Waals surface area contributed by atoms with Gasteiger partial charge < -0.3 is 34.8 Å². The number of fused-ring (bicyclic) bond motifs is 7. The molecule has 5 N–H and O–H groups in total. The molecule has 0 saturated carbocycles. The lowest BCUT2D eigenvalue weighted by atomic mass is 9.85. The zero-order chi connectivity index (χ0) is 47.1. The van der Waals surface area contributed by atoms with Gasteiger partial charge in [0.1, 0.15) is 5.92 Å². The van der Waals surface area contributed by atoms with Gasteiger partial charge in [-0.05, 0) is 110 Å². The van der Waals surface area contributed by atoms with E-state index >= 15 is 0 Å². The maximum absolute atomic E-state index is 14.4. The van der Waals surface area contributed by atoms with E-state index in [1.165, 1.54) is 57.5 Å². The van der Waals surface area contributed by atoms with E-state index < -0.39 is 11.9 Å². The second-order valence-electron chi connectivity index (χ2n) is 19.7. The van der Waals surface area contributed by atoms with E-state index in [4.69, 9.17) is 9.47 Å². The number of H-pyrrole nitrogens is 3. The topological polar surface area (TPSA) is 149 Å². The number of Topliss-reactive ketones (excluding diaryl/α,β-unsaturated/α-hetero) is 1. The number of hydrogen-bond donors (Lipinski definition) is 5. The molecule has 5 heterocycles. The highest BCUT2D eigenvalue weighted by atomic mass is 16.5. The summed E-state index contributed by atoms with van der Waals surface area (Å²) >= 11 is 0. The van der Waals surface area contributed by atoms with Crippen molar-refractivity contribution in [2.75, 3.05) is 13.7 Å². The number of aromatic amines is 3. The molecule has 3 aliphatic rings. The third-order valence-corrected chi connectivity index (χ3v) is 14.7. The van der Waals surface area contributed by atoms with Gasteiger partial charge in [0.25, 0.3) is 0 Å². The quantitative estimate of drug-likeness (QED) is 0.0406. The van der Waals surface area contributed by atoms with Crippen LogP contribution in [0.4, 0.5) is 0 Å². The molecule has 0 amide bonds. The fourth-order valence-electron chi connectivity index (χ4n) is 10.5. The van der Waals surface area contributed by atoms with Crippen LogP contribution in [0.5, 0.6) is 0 Å². The highest BCUT2D eigenvalue weighted by Crippen LogP contribution is 2.48. The molecule has 0 aromatic carbocycles. The lowest BCUT2D eigenvalue weighted by molar-refractivity contribution is -0.144. The molecule has 1 aliphatic carbocycles. The smallest absolute Gasteiger partial charge is 0.321 e. The molecule has 0 spiro atoms. The minimum Gasteiger partial charge on any atom is -0.516 e. The molecule has 6 rings (SSSR count). The number of hydrogen-bond acceptors (Lipinski definition) is 7. The average molecular weight is 889 g/mol. The molecule has 3 aromatic rings. The van der Waals surface area contributed by atoms with E-state index in [9.17, 15) is 19.5 Å². The summed E-state index contributed by atoms with van der Waals surface area (Å²) in [5.41, 5.74) is 11.9. The number of aliphatic hydroxyl groups excluding tert-OH is 1. The number of carbonyl (C=O) groups excluding carboxylic acids is 3. The van der Waals surface area contributed by atoms with Crippen molar-refractivity contribution >= 4 is 47.6 Å². The van der Waals surface area contributed by atoms with Gasteiger partial charge in [-0.1, -0.05) is 99.1 Å². The van der Waals surface area contributed by atoms with Gasteiger partial charge in [0.05, 0.1) is 25.7 Å². The molecule has 0 unspecified atom stereocenters. The van der Waals surface area contributed by atoms with Crippen molar-refractivity contribution in [3.8, 4) is 0 Å². The Kier molecular flexibility index (Phi) is 16.5. The minimum atomic E-state index is -1.16. The van der Waals surface area contributed by atoms with Crippen LogP contribution in [0, 0.1) is 56.3 Å². The molecule has 0 radical (unpaired) electrons. The van der Waals surface area contributed by atoms with Crippen LogP contribution in [0.1, 0.15) is 180 Å². The normalized spacial score (nSPS) is 21.8. The molecule has 65 heavy (non-hydrogen) atoms. The first-order chi connectivity index (χ1) is 31.1. The van der Waals surface area contributed by atoms with Crippen molar-refractivity contribution in [2.45, 2.75) is 146 Å². The summed E-state index contributed by atoms with van der Waals surface area (Å²) in [7, 11) is 1.31. The lowest BCUT2D eigenvalue weighted by Crippen LogP contribution is -2.25. The van der Waals surface area contributed by atoms with E-state index in [2.05, 4.69) is 100 Å². The van der Waals surface area contributed by atoms with Crippen molar-refractivity contribution in [3.05, 3.63) is 96.7 Å². The Balaban J connectivity index is 1.20. The maximum atomic E-state index is 14.4. The van der Waals surface area contributed by atoms with Crippen molar-refractivity contribution in [1.29, 1.82) is 0 Å². The summed E-state index contributed by atoms with van der Waals surface area (Å²) < 4.78 is 11.1. The van der Waals surface area contributed by atoms with Crippen LogP contribution in [-0.4, -0.2) is 51.5 Å². The summed E-state index contributed by atoms with van der Waals surface area (Å²) in [6.45, 7) is 24.0. The third kappa shape index (κ3) is 10.9. The monoisotopic (exact) mass is 889 g/mol. The number of rotatable bonds is 21. The molecule has 5 atom stereocenters. The number of ketones is 1. The SMILES string of the molecule is C=Cc1c2[nH]c(c1C)/C=C1\N/C(=C3\c4[nH]c(c(C)c4C(=O)[C@@H]3C(=O)OC)/C=c3\[nH]/c(c(C)c3CC)=C\2)[C@@H](CCC(=O)OCC/C(=C/O)CCC[C@H](C)CCC[C@H](C)CCCC(C)C)[C@@H]1C. The first kappa shape index (κ1) is 49.2. The summed E-state index contributed by atoms with van der Waals surface area (Å²) in [4.78, 5) is 52.4. The highest BCUT2D eigenvalue weighted by molar-refractivity contribution is 6.24. The van der Waals surface area contributed by atoms with Crippen LogP contribution in [0.3, 0.4) is 0 Å². The number of methoxy groups -OCH3 is 1. The molecule has 1 saturated heterocycles.